The number of terminal acetylenes is 1. The van der Waals surface area contributed by atoms with Gasteiger partial charge in [0.25, 0.3) is 0 Å². The van der Waals surface area contributed by atoms with Crippen molar-refractivity contribution in [2.75, 3.05) is 6.61 Å². The highest BCUT2D eigenvalue weighted by Gasteiger charge is 2.55. The number of nitrogens with zero attached hydrogens (tertiary/aromatic N) is 3. The molecule has 39 heavy (non-hydrogen) atoms. The lowest BCUT2D eigenvalue weighted by molar-refractivity contribution is -0.0491. The molecular formula is C29H53N3O4Si3. The van der Waals surface area contributed by atoms with Crippen molar-refractivity contribution in [3.63, 3.8) is 0 Å². The Labute approximate surface area is 241 Å². The molecule has 220 valence electrons. The quantitative estimate of drug-likeness (QED) is 0.231. The summed E-state index contributed by atoms with van der Waals surface area (Å²) in [6.07, 6.45) is 5.70. The van der Waals surface area contributed by atoms with Crippen LogP contribution in [-0.4, -0.2) is 59.4 Å². The normalized spacial score (nSPS) is 23.5. The molecule has 1 aromatic rings. The molecule has 0 bridgehead atoms. The standard InChI is InChI=1S/C29H53N3O4Si3/c1-17-22-21(18-30)31-20-32(22)26-25(36-39(15,16)29(8,9)10)24(35-38(13,14)28(5,6)7)23(34-26)19-33-37(11,12)27(2,3)4/h1,20,23-26H,19H2,2-16H3/t23-,24+,25+,26-/m0/s1. The first-order chi connectivity index (χ1) is 17.4. The summed E-state index contributed by atoms with van der Waals surface area (Å²) in [6.45, 7) is 34.0. The molecule has 0 amide bonds. The number of nitriles is 1. The van der Waals surface area contributed by atoms with Crippen molar-refractivity contribution < 1.29 is 18.0 Å². The van der Waals surface area contributed by atoms with Gasteiger partial charge in [-0.25, -0.2) is 4.98 Å². The maximum atomic E-state index is 9.64. The van der Waals surface area contributed by atoms with Gasteiger partial charge in [0.15, 0.2) is 36.9 Å². The van der Waals surface area contributed by atoms with Gasteiger partial charge in [0.1, 0.15) is 30.1 Å². The van der Waals surface area contributed by atoms with Crippen LogP contribution in [0.2, 0.25) is 54.4 Å². The molecule has 0 unspecified atom stereocenters. The molecule has 4 atom stereocenters. The molecule has 0 radical (unpaired) electrons. The Kier molecular flexibility index (Phi) is 9.75. The predicted octanol–water partition coefficient (Wildman–Crippen LogP) is 7.44. The minimum Gasteiger partial charge on any atom is -0.414 e. The van der Waals surface area contributed by atoms with E-state index in [1.165, 1.54) is 0 Å². The van der Waals surface area contributed by atoms with Crippen LogP contribution in [0.25, 0.3) is 0 Å². The molecule has 1 fully saturated rings. The van der Waals surface area contributed by atoms with E-state index < -0.39 is 37.3 Å². The predicted molar refractivity (Wildman–Crippen MR) is 166 cm³/mol. The summed E-state index contributed by atoms with van der Waals surface area (Å²) in [5.41, 5.74) is 0.596. The zero-order chi connectivity index (χ0) is 30.4. The zero-order valence-electron chi connectivity index (χ0n) is 27.1. The van der Waals surface area contributed by atoms with Crippen molar-refractivity contribution in [1.29, 1.82) is 5.26 Å². The average molecular weight is 592 g/mol. The van der Waals surface area contributed by atoms with Gasteiger partial charge in [0, 0.05) is 0 Å². The van der Waals surface area contributed by atoms with Crippen LogP contribution in [0.5, 0.6) is 0 Å². The molecule has 2 heterocycles. The van der Waals surface area contributed by atoms with Gasteiger partial charge in [-0.05, 0) is 60.3 Å². The molecular weight excluding hydrogens is 539 g/mol. The van der Waals surface area contributed by atoms with Gasteiger partial charge in [0.2, 0.25) is 0 Å². The summed E-state index contributed by atoms with van der Waals surface area (Å²) in [5.74, 6) is 2.66. The fraction of sp³-hybridized carbons (Fsp3) is 0.793. The number of imidazole rings is 1. The first-order valence-corrected chi connectivity index (χ1v) is 22.7. The Morgan fingerprint density at radius 3 is 1.74 bits per heavy atom. The lowest BCUT2D eigenvalue weighted by Crippen LogP contribution is -2.54. The van der Waals surface area contributed by atoms with Crippen molar-refractivity contribution in [1.82, 2.24) is 9.55 Å². The monoisotopic (exact) mass is 591 g/mol. The van der Waals surface area contributed by atoms with Crippen molar-refractivity contribution >= 4 is 25.0 Å². The number of hydrogen-bond donors (Lipinski definition) is 0. The second kappa shape index (κ2) is 11.2. The minimum absolute atomic E-state index is 0.00952. The van der Waals surface area contributed by atoms with Crippen LogP contribution in [0.4, 0.5) is 0 Å². The van der Waals surface area contributed by atoms with E-state index in [0.717, 1.165) is 0 Å². The van der Waals surface area contributed by atoms with Gasteiger partial charge < -0.3 is 18.0 Å². The number of ether oxygens (including phenoxy) is 1. The molecule has 1 aromatic heterocycles. The molecule has 0 saturated carbocycles. The highest BCUT2D eigenvalue weighted by molar-refractivity contribution is 6.75. The van der Waals surface area contributed by atoms with E-state index in [4.69, 9.17) is 24.4 Å². The Hall–Kier alpha value is -1.25. The van der Waals surface area contributed by atoms with Crippen molar-refractivity contribution in [3.05, 3.63) is 17.7 Å². The summed E-state index contributed by atoms with van der Waals surface area (Å²) in [6, 6.07) is 2.11. The van der Waals surface area contributed by atoms with Gasteiger partial charge in [-0.15, -0.1) is 6.42 Å². The molecule has 0 spiro atoms. The Morgan fingerprint density at radius 1 is 0.872 bits per heavy atom. The van der Waals surface area contributed by atoms with Crippen LogP contribution in [0.15, 0.2) is 6.33 Å². The molecule has 0 aliphatic carbocycles. The molecule has 1 aliphatic heterocycles. The third-order valence-corrected chi connectivity index (χ3v) is 22.9. The third-order valence-electron chi connectivity index (χ3n) is 9.48. The fourth-order valence-corrected chi connectivity index (χ4v) is 7.27. The highest BCUT2D eigenvalue weighted by Crippen LogP contribution is 2.46. The zero-order valence-corrected chi connectivity index (χ0v) is 30.1. The minimum atomic E-state index is -2.28. The first-order valence-electron chi connectivity index (χ1n) is 14.0. The number of rotatable bonds is 8. The van der Waals surface area contributed by atoms with Crippen molar-refractivity contribution in [3.8, 4) is 18.4 Å². The molecule has 0 aromatic carbocycles. The highest BCUT2D eigenvalue weighted by atomic mass is 28.4. The summed E-state index contributed by atoms with van der Waals surface area (Å²) >= 11 is 0. The van der Waals surface area contributed by atoms with E-state index in [9.17, 15) is 5.26 Å². The van der Waals surface area contributed by atoms with E-state index in [0.29, 0.717) is 12.3 Å². The summed E-state index contributed by atoms with van der Waals surface area (Å²) in [5, 5.41) is 9.66. The summed E-state index contributed by atoms with van der Waals surface area (Å²) in [7, 11) is -6.60. The van der Waals surface area contributed by atoms with Gasteiger partial charge in [-0.1, -0.05) is 62.3 Å². The maximum Gasteiger partial charge on any atom is 0.192 e. The van der Waals surface area contributed by atoms with E-state index >= 15 is 0 Å². The smallest absolute Gasteiger partial charge is 0.192 e. The fourth-order valence-electron chi connectivity index (χ4n) is 3.65. The van der Waals surface area contributed by atoms with Gasteiger partial charge >= 0.3 is 0 Å². The average Bonchev–Trinajstić information content (AvgIpc) is 3.30. The van der Waals surface area contributed by atoms with E-state index in [1.807, 2.05) is 0 Å². The van der Waals surface area contributed by atoms with Gasteiger partial charge in [-0.3, -0.25) is 4.57 Å². The number of aromatic nitrogens is 2. The van der Waals surface area contributed by atoms with E-state index in [1.54, 1.807) is 10.9 Å². The number of hydrogen-bond acceptors (Lipinski definition) is 6. The Bertz CT molecular complexity index is 1100. The summed E-state index contributed by atoms with van der Waals surface area (Å²) < 4.78 is 29.6. The van der Waals surface area contributed by atoms with Crippen molar-refractivity contribution in [2.24, 2.45) is 0 Å². The summed E-state index contributed by atoms with van der Waals surface area (Å²) in [4.78, 5) is 4.29. The van der Waals surface area contributed by atoms with Crippen LogP contribution >= 0.6 is 0 Å². The Morgan fingerprint density at radius 2 is 1.33 bits per heavy atom. The van der Waals surface area contributed by atoms with Crippen LogP contribution < -0.4 is 0 Å². The van der Waals surface area contributed by atoms with Crippen molar-refractivity contribution in [2.45, 2.75) is 141 Å². The van der Waals surface area contributed by atoms with E-state index in [-0.39, 0.29) is 33.0 Å². The maximum absolute atomic E-state index is 9.64. The third kappa shape index (κ3) is 7.16. The van der Waals surface area contributed by atoms with Crippen LogP contribution in [0, 0.1) is 23.7 Å². The molecule has 0 N–H and O–H groups in total. The second-order valence-corrected chi connectivity index (χ2v) is 29.7. The second-order valence-electron chi connectivity index (χ2n) is 15.4. The lowest BCUT2D eigenvalue weighted by atomic mass is 10.1. The molecule has 7 nitrogen and oxygen atoms in total. The lowest BCUT2D eigenvalue weighted by Gasteiger charge is -2.44. The van der Waals surface area contributed by atoms with Gasteiger partial charge in [0.05, 0.1) is 12.9 Å². The van der Waals surface area contributed by atoms with Crippen LogP contribution in [0.3, 0.4) is 0 Å². The van der Waals surface area contributed by atoms with E-state index in [2.05, 4.69) is 119 Å². The first kappa shape index (κ1) is 34.0. The Balaban J connectivity index is 2.68. The molecule has 1 aliphatic rings. The molecule has 10 heteroatoms. The largest absolute Gasteiger partial charge is 0.414 e. The SMILES string of the molecule is C#Cc1c(C#N)ncn1[C@H]1O[C@@H](CO[Si](C)(C)C(C)(C)C)[C@@H](O[Si](C)(C)C(C)(C)C)[C@H]1O[Si](C)(C)C(C)(C)C. The topological polar surface area (TPSA) is 78.5 Å². The van der Waals surface area contributed by atoms with Crippen LogP contribution in [-0.2, 0) is 18.0 Å². The molecule has 2 rings (SSSR count). The van der Waals surface area contributed by atoms with Crippen LogP contribution in [0.1, 0.15) is 79.9 Å². The molecule has 1 saturated heterocycles. The van der Waals surface area contributed by atoms with Gasteiger partial charge in [-0.2, -0.15) is 5.26 Å².